The second-order valence-corrected chi connectivity index (χ2v) is 5.27. The second kappa shape index (κ2) is 6.14. The van der Waals surface area contributed by atoms with E-state index < -0.39 is 0 Å². The Labute approximate surface area is 113 Å². The molecule has 1 aliphatic rings. The lowest BCUT2D eigenvalue weighted by atomic mass is 9.92. The van der Waals surface area contributed by atoms with E-state index in [1.165, 1.54) is 6.07 Å². The predicted octanol–water partition coefficient (Wildman–Crippen LogP) is 2.29. The molecule has 0 aliphatic carbocycles. The van der Waals surface area contributed by atoms with Crippen molar-refractivity contribution in [3.63, 3.8) is 0 Å². The molecular formula is C15H19FN2O. The molecule has 0 aromatic heterocycles. The Hall–Kier alpha value is -1.44. The van der Waals surface area contributed by atoms with Gasteiger partial charge in [-0.2, -0.15) is 5.26 Å². The Bertz CT molecular complexity index is 474. The Kier molecular flexibility index (Phi) is 4.52. The zero-order valence-corrected chi connectivity index (χ0v) is 11.1. The van der Waals surface area contributed by atoms with Gasteiger partial charge in [0.1, 0.15) is 5.82 Å². The zero-order valence-electron chi connectivity index (χ0n) is 11.1. The summed E-state index contributed by atoms with van der Waals surface area (Å²) < 4.78 is 13.8. The summed E-state index contributed by atoms with van der Waals surface area (Å²) >= 11 is 0. The number of likely N-dealkylation sites (tertiary alicyclic amines) is 1. The maximum Gasteiger partial charge on any atom is 0.129 e. The highest BCUT2D eigenvalue weighted by molar-refractivity contribution is 5.32. The highest BCUT2D eigenvalue weighted by Gasteiger charge is 2.23. The van der Waals surface area contributed by atoms with Gasteiger partial charge in [0.25, 0.3) is 0 Å². The molecule has 0 radical (unpaired) electrons. The summed E-state index contributed by atoms with van der Waals surface area (Å²) in [5, 5.41) is 18.3. The number of piperidine rings is 1. The molecular weight excluding hydrogens is 243 g/mol. The number of hydrogen-bond donors (Lipinski definition) is 1. The van der Waals surface area contributed by atoms with Crippen LogP contribution in [0.5, 0.6) is 0 Å². The van der Waals surface area contributed by atoms with Crippen LogP contribution in [0.4, 0.5) is 4.39 Å². The lowest BCUT2D eigenvalue weighted by Gasteiger charge is -2.33. The van der Waals surface area contributed by atoms with Crippen molar-refractivity contribution < 1.29 is 9.50 Å². The van der Waals surface area contributed by atoms with Crippen LogP contribution >= 0.6 is 0 Å². The number of benzene rings is 1. The molecule has 1 aromatic carbocycles. The van der Waals surface area contributed by atoms with Crippen molar-refractivity contribution >= 4 is 0 Å². The van der Waals surface area contributed by atoms with Gasteiger partial charge in [-0.25, -0.2) is 4.39 Å². The van der Waals surface area contributed by atoms with Crippen molar-refractivity contribution in [2.75, 3.05) is 13.1 Å². The minimum atomic E-state index is -0.309. The third-order valence-corrected chi connectivity index (χ3v) is 3.89. The van der Waals surface area contributed by atoms with Crippen LogP contribution in [0, 0.1) is 23.1 Å². The molecule has 0 bridgehead atoms. The Balaban J connectivity index is 1.94. The van der Waals surface area contributed by atoms with E-state index in [1.807, 2.05) is 13.0 Å². The summed E-state index contributed by atoms with van der Waals surface area (Å²) in [6.45, 7) is 4.18. The van der Waals surface area contributed by atoms with Gasteiger partial charge in [0.05, 0.1) is 17.7 Å². The number of rotatable bonds is 3. The minimum absolute atomic E-state index is 0.256. The quantitative estimate of drug-likeness (QED) is 0.909. The van der Waals surface area contributed by atoms with Crippen LogP contribution in [0.25, 0.3) is 0 Å². The molecule has 1 atom stereocenters. The lowest BCUT2D eigenvalue weighted by molar-refractivity contribution is 0.0692. The van der Waals surface area contributed by atoms with E-state index in [0.29, 0.717) is 23.6 Å². The lowest BCUT2D eigenvalue weighted by Crippen LogP contribution is -2.36. The van der Waals surface area contributed by atoms with Gasteiger partial charge < -0.3 is 5.11 Å². The molecule has 19 heavy (non-hydrogen) atoms. The van der Waals surface area contributed by atoms with E-state index in [4.69, 9.17) is 5.26 Å². The molecule has 1 unspecified atom stereocenters. The molecule has 1 fully saturated rings. The summed E-state index contributed by atoms with van der Waals surface area (Å²) in [6.07, 6.45) is 1.65. The summed E-state index contributed by atoms with van der Waals surface area (Å²) in [6, 6.07) is 6.57. The monoisotopic (exact) mass is 262 g/mol. The van der Waals surface area contributed by atoms with Crippen LogP contribution in [-0.2, 0) is 6.54 Å². The largest absolute Gasteiger partial charge is 0.393 e. The zero-order chi connectivity index (χ0) is 13.8. The van der Waals surface area contributed by atoms with Gasteiger partial charge in [-0.3, -0.25) is 4.90 Å². The van der Waals surface area contributed by atoms with E-state index >= 15 is 0 Å². The molecule has 1 saturated heterocycles. The predicted molar refractivity (Wildman–Crippen MR) is 70.8 cm³/mol. The van der Waals surface area contributed by atoms with Crippen molar-refractivity contribution in [2.45, 2.75) is 32.4 Å². The van der Waals surface area contributed by atoms with Crippen LogP contribution < -0.4 is 0 Å². The van der Waals surface area contributed by atoms with Crippen molar-refractivity contribution in [2.24, 2.45) is 5.92 Å². The van der Waals surface area contributed by atoms with Gasteiger partial charge in [0, 0.05) is 12.1 Å². The first-order valence-electron chi connectivity index (χ1n) is 6.69. The third kappa shape index (κ3) is 3.52. The molecule has 4 heteroatoms. The normalized spacial score (nSPS) is 19.1. The van der Waals surface area contributed by atoms with Crippen LogP contribution in [-0.4, -0.2) is 29.2 Å². The number of hydrogen-bond acceptors (Lipinski definition) is 3. The number of nitriles is 1. The first kappa shape index (κ1) is 14.0. The van der Waals surface area contributed by atoms with Crippen LogP contribution in [0.3, 0.4) is 0 Å². The van der Waals surface area contributed by atoms with Crippen molar-refractivity contribution in [1.29, 1.82) is 5.26 Å². The Morgan fingerprint density at radius 1 is 1.47 bits per heavy atom. The summed E-state index contributed by atoms with van der Waals surface area (Å²) in [4.78, 5) is 2.20. The SMILES string of the molecule is CC(O)C1CCN(Cc2ccc(C#N)cc2F)CC1. The maximum absolute atomic E-state index is 13.8. The number of halogens is 1. The first-order valence-corrected chi connectivity index (χ1v) is 6.69. The molecule has 0 spiro atoms. The van der Waals surface area contributed by atoms with E-state index in [0.717, 1.165) is 25.9 Å². The van der Waals surface area contributed by atoms with E-state index in [2.05, 4.69) is 4.90 Å². The fourth-order valence-electron chi connectivity index (χ4n) is 2.58. The topological polar surface area (TPSA) is 47.3 Å². The minimum Gasteiger partial charge on any atom is -0.393 e. The smallest absolute Gasteiger partial charge is 0.129 e. The standard InChI is InChI=1S/C15H19FN2O/c1-11(19)13-4-6-18(7-5-13)10-14-3-2-12(9-17)8-15(14)16/h2-3,8,11,13,19H,4-7,10H2,1H3. The van der Waals surface area contributed by atoms with Crippen LogP contribution in [0.15, 0.2) is 18.2 Å². The molecule has 0 amide bonds. The van der Waals surface area contributed by atoms with Crippen LogP contribution in [0.2, 0.25) is 0 Å². The van der Waals surface area contributed by atoms with E-state index in [-0.39, 0.29) is 11.9 Å². The van der Waals surface area contributed by atoms with Gasteiger partial charge in [0.2, 0.25) is 0 Å². The molecule has 1 N–H and O–H groups in total. The summed E-state index contributed by atoms with van der Waals surface area (Å²) in [7, 11) is 0. The molecule has 1 aromatic rings. The van der Waals surface area contributed by atoms with Gasteiger partial charge >= 0.3 is 0 Å². The average molecular weight is 262 g/mol. The van der Waals surface area contributed by atoms with Crippen molar-refractivity contribution in [1.82, 2.24) is 4.90 Å². The summed E-state index contributed by atoms with van der Waals surface area (Å²) in [5.41, 5.74) is 0.989. The number of aliphatic hydroxyl groups excluding tert-OH is 1. The van der Waals surface area contributed by atoms with Gasteiger partial charge in [0.15, 0.2) is 0 Å². The van der Waals surface area contributed by atoms with E-state index in [9.17, 15) is 9.50 Å². The highest BCUT2D eigenvalue weighted by atomic mass is 19.1. The second-order valence-electron chi connectivity index (χ2n) is 5.27. The number of aliphatic hydroxyl groups is 1. The first-order chi connectivity index (χ1) is 9.10. The highest BCUT2D eigenvalue weighted by Crippen LogP contribution is 2.22. The Morgan fingerprint density at radius 2 is 2.16 bits per heavy atom. The molecule has 2 rings (SSSR count). The van der Waals surface area contributed by atoms with Gasteiger partial charge in [-0.05, 0) is 50.9 Å². The Morgan fingerprint density at radius 3 is 2.68 bits per heavy atom. The molecule has 1 heterocycles. The average Bonchev–Trinajstić information content (AvgIpc) is 2.41. The maximum atomic E-state index is 13.8. The fourth-order valence-corrected chi connectivity index (χ4v) is 2.58. The fraction of sp³-hybridized carbons (Fsp3) is 0.533. The number of nitrogens with zero attached hydrogens (tertiary/aromatic N) is 2. The van der Waals surface area contributed by atoms with Crippen molar-refractivity contribution in [3.8, 4) is 6.07 Å². The molecule has 102 valence electrons. The van der Waals surface area contributed by atoms with Crippen LogP contribution in [0.1, 0.15) is 30.9 Å². The third-order valence-electron chi connectivity index (χ3n) is 3.89. The van der Waals surface area contributed by atoms with Gasteiger partial charge in [-0.15, -0.1) is 0 Å². The molecule has 1 aliphatic heterocycles. The molecule has 0 saturated carbocycles. The van der Waals surface area contributed by atoms with Crippen molar-refractivity contribution in [3.05, 3.63) is 35.1 Å². The summed E-state index contributed by atoms with van der Waals surface area (Å²) in [5.74, 6) is 0.0544. The van der Waals surface area contributed by atoms with Gasteiger partial charge in [-0.1, -0.05) is 6.07 Å². The molecule has 3 nitrogen and oxygen atoms in total. The van der Waals surface area contributed by atoms with E-state index in [1.54, 1.807) is 12.1 Å².